The predicted octanol–water partition coefficient (Wildman–Crippen LogP) is 0.441. The van der Waals surface area contributed by atoms with Gasteiger partial charge in [-0.2, -0.15) is 0 Å². The zero-order valence-electron chi connectivity index (χ0n) is 10.6. The molecule has 2 N–H and O–H groups in total. The highest BCUT2D eigenvalue weighted by Gasteiger charge is 2.07. The molecule has 0 aromatic carbocycles. The van der Waals surface area contributed by atoms with Gasteiger partial charge < -0.3 is 15.5 Å². The lowest BCUT2D eigenvalue weighted by Gasteiger charge is -2.18. The van der Waals surface area contributed by atoms with E-state index in [2.05, 4.69) is 29.4 Å². The second kappa shape index (κ2) is 7.65. The van der Waals surface area contributed by atoms with E-state index in [1.807, 2.05) is 21.0 Å². The van der Waals surface area contributed by atoms with E-state index in [4.69, 9.17) is 0 Å². The second-order valence-electron chi connectivity index (χ2n) is 4.59. The Balaban J connectivity index is 3.55. The summed E-state index contributed by atoms with van der Waals surface area (Å²) in [7, 11) is 4.01. The molecule has 0 saturated heterocycles. The molecule has 4 heteroatoms. The highest BCUT2D eigenvalue weighted by Crippen LogP contribution is 1.87. The first-order valence-electron chi connectivity index (χ1n) is 5.59. The number of nitrogens with zero attached hydrogens (tertiary/aromatic N) is 1. The Bertz CT molecular complexity index is 181. The van der Waals surface area contributed by atoms with Crippen LogP contribution in [0.5, 0.6) is 0 Å². The lowest BCUT2D eigenvalue weighted by Crippen LogP contribution is -2.40. The van der Waals surface area contributed by atoms with Gasteiger partial charge in [-0.05, 0) is 21.0 Å². The first-order chi connectivity index (χ1) is 6.91. The Hall–Kier alpha value is -0.610. The Morgan fingerprint density at radius 3 is 2.33 bits per heavy atom. The van der Waals surface area contributed by atoms with Crippen LogP contribution in [0.1, 0.15) is 27.2 Å². The van der Waals surface area contributed by atoms with Crippen molar-refractivity contribution in [2.24, 2.45) is 0 Å². The van der Waals surface area contributed by atoms with E-state index in [9.17, 15) is 4.79 Å². The van der Waals surface area contributed by atoms with Crippen LogP contribution in [0, 0.1) is 0 Å². The summed E-state index contributed by atoms with van der Waals surface area (Å²) in [6.45, 7) is 7.80. The summed E-state index contributed by atoms with van der Waals surface area (Å²) in [5, 5.41) is 6.18. The van der Waals surface area contributed by atoms with Gasteiger partial charge in [0.25, 0.3) is 0 Å². The van der Waals surface area contributed by atoms with Crippen molar-refractivity contribution in [2.45, 2.75) is 39.3 Å². The molecule has 0 aliphatic rings. The summed E-state index contributed by atoms with van der Waals surface area (Å²) in [5.41, 5.74) is 0. The molecule has 15 heavy (non-hydrogen) atoms. The number of carbonyl (C=O) groups is 1. The van der Waals surface area contributed by atoms with Crippen LogP contribution in [-0.2, 0) is 4.79 Å². The van der Waals surface area contributed by atoms with Crippen molar-refractivity contribution in [1.82, 2.24) is 15.5 Å². The van der Waals surface area contributed by atoms with Crippen LogP contribution in [0.15, 0.2) is 0 Å². The number of hydrogen-bond donors (Lipinski definition) is 2. The standard InChI is InChI=1S/C11H25N3O/c1-9(2)12-7-6-11(15)13-10(3)8-14(4)5/h9-10,12H,6-8H2,1-5H3,(H,13,15). The lowest BCUT2D eigenvalue weighted by atomic mass is 10.3. The molecule has 0 aliphatic heterocycles. The molecule has 0 aromatic heterocycles. The number of carbonyl (C=O) groups excluding carboxylic acids is 1. The summed E-state index contributed by atoms with van der Waals surface area (Å²) in [6, 6.07) is 0.656. The maximum absolute atomic E-state index is 11.4. The molecule has 0 heterocycles. The summed E-state index contributed by atoms with van der Waals surface area (Å²) >= 11 is 0. The van der Waals surface area contributed by atoms with Crippen LogP contribution in [0.2, 0.25) is 0 Å². The SMILES string of the molecule is CC(C)NCCC(=O)NC(C)CN(C)C. The van der Waals surface area contributed by atoms with Crippen molar-refractivity contribution < 1.29 is 4.79 Å². The van der Waals surface area contributed by atoms with E-state index in [1.165, 1.54) is 0 Å². The van der Waals surface area contributed by atoms with Gasteiger partial charge in [-0.3, -0.25) is 4.79 Å². The molecule has 0 saturated carbocycles. The average molecular weight is 215 g/mol. The van der Waals surface area contributed by atoms with E-state index in [1.54, 1.807) is 0 Å². The van der Waals surface area contributed by atoms with Gasteiger partial charge in [0.05, 0.1) is 0 Å². The van der Waals surface area contributed by atoms with E-state index >= 15 is 0 Å². The minimum Gasteiger partial charge on any atom is -0.352 e. The molecule has 0 fully saturated rings. The fourth-order valence-corrected chi connectivity index (χ4v) is 1.41. The summed E-state index contributed by atoms with van der Waals surface area (Å²) < 4.78 is 0. The van der Waals surface area contributed by atoms with Crippen LogP contribution < -0.4 is 10.6 Å². The smallest absolute Gasteiger partial charge is 0.221 e. The zero-order valence-corrected chi connectivity index (χ0v) is 10.6. The fraction of sp³-hybridized carbons (Fsp3) is 0.909. The molecule has 1 unspecified atom stereocenters. The average Bonchev–Trinajstić information content (AvgIpc) is 2.00. The highest BCUT2D eigenvalue weighted by molar-refractivity contribution is 5.76. The maximum atomic E-state index is 11.4. The van der Waals surface area contributed by atoms with Gasteiger partial charge in [-0.1, -0.05) is 13.8 Å². The fourth-order valence-electron chi connectivity index (χ4n) is 1.41. The van der Waals surface area contributed by atoms with Crippen LogP contribution in [0.25, 0.3) is 0 Å². The van der Waals surface area contributed by atoms with Crippen LogP contribution in [0.4, 0.5) is 0 Å². The predicted molar refractivity (Wildman–Crippen MR) is 63.9 cm³/mol. The van der Waals surface area contributed by atoms with Gasteiger partial charge in [-0.15, -0.1) is 0 Å². The van der Waals surface area contributed by atoms with Gasteiger partial charge >= 0.3 is 0 Å². The third-order valence-corrected chi connectivity index (χ3v) is 1.95. The molecule has 0 radical (unpaired) electrons. The molecule has 4 nitrogen and oxygen atoms in total. The van der Waals surface area contributed by atoms with E-state index in [0.29, 0.717) is 12.5 Å². The van der Waals surface area contributed by atoms with Crippen molar-refractivity contribution >= 4 is 5.91 Å². The molecule has 0 aliphatic carbocycles. The largest absolute Gasteiger partial charge is 0.352 e. The Kier molecular flexibility index (Phi) is 7.34. The van der Waals surface area contributed by atoms with E-state index in [-0.39, 0.29) is 11.9 Å². The van der Waals surface area contributed by atoms with Crippen molar-refractivity contribution in [3.63, 3.8) is 0 Å². The number of likely N-dealkylation sites (N-methyl/N-ethyl adjacent to an activating group) is 1. The van der Waals surface area contributed by atoms with Gasteiger partial charge in [0.1, 0.15) is 0 Å². The molecular formula is C11H25N3O. The first kappa shape index (κ1) is 14.4. The maximum Gasteiger partial charge on any atom is 0.221 e. The highest BCUT2D eigenvalue weighted by atomic mass is 16.1. The Morgan fingerprint density at radius 1 is 1.27 bits per heavy atom. The Morgan fingerprint density at radius 2 is 1.87 bits per heavy atom. The van der Waals surface area contributed by atoms with Crippen molar-refractivity contribution in [3.05, 3.63) is 0 Å². The minimum atomic E-state index is 0.123. The summed E-state index contributed by atoms with van der Waals surface area (Å²) in [5.74, 6) is 0.123. The number of rotatable bonds is 7. The monoisotopic (exact) mass is 215 g/mol. The number of nitrogens with one attached hydrogen (secondary N) is 2. The lowest BCUT2D eigenvalue weighted by molar-refractivity contribution is -0.121. The van der Waals surface area contributed by atoms with Crippen molar-refractivity contribution in [3.8, 4) is 0 Å². The molecule has 0 spiro atoms. The van der Waals surface area contributed by atoms with Gasteiger partial charge in [-0.25, -0.2) is 0 Å². The number of amides is 1. The number of hydrogen-bond acceptors (Lipinski definition) is 3. The third kappa shape index (κ3) is 9.69. The second-order valence-corrected chi connectivity index (χ2v) is 4.59. The van der Waals surface area contributed by atoms with Crippen molar-refractivity contribution in [2.75, 3.05) is 27.2 Å². The van der Waals surface area contributed by atoms with Crippen molar-refractivity contribution in [1.29, 1.82) is 0 Å². The minimum absolute atomic E-state index is 0.123. The Labute approximate surface area is 93.4 Å². The third-order valence-electron chi connectivity index (χ3n) is 1.95. The molecule has 1 atom stereocenters. The first-order valence-corrected chi connectivity index (χ1v) is 5.59. The quantitative estimate of drug-likeness (QED) is 0.648. The molecule has 0 bridgehead atoms. The normalized spacial score (nSPS) is 13.3. The van der Waals surface area contributed by atoms with Crippen LogP contribution in [0.3, 0.4) is 0 Å². The van der Waals surface area contributed by atoms with Crippen LogP contribution in [-0.4, -0.2) is 50.1 Å². The molecule has 90 valence electrons. The van der Waals surface area contributed by atoms with E-state index in [0.717, 1.165) is 13.1 Å². The molecule has 0 rings (SSSR count). The van der Waals surface area contributed by atoms with Gasteiger partial charge in [0.15, 0.2) is 0 Å². The summed E-state index contributed by atoms with van der Waals surface area (Å²) in [6.07, 6.45) is 0.552. The van der Waals surface area contributed by atoms with Crippen LogP contribution >= 0.6 is 0 Å². The topological polar surface area (TPSA) is 44.4 Å². The van der Waals surface area contributed by atoms with E-state index < -0.39 is 0 Å². The van der Waals surface area contributed by atoms with Gasteiger partial charge in [0, 0.05) is 31.6 Å². The molecule has 1 amide bonds. The molecular weight excluding hydrogens is 190 g/mol. The summed E-state index contributed by atoms with van der Waals surface area (Å²) in [4.78, 5) is 13.5. The van der Waals surface area contributed by atoms with Gasteiger partial charge in [0.2, 0.25) is 5.91 Å². The molecule has 0 aromatic rings. The zero-order chi connectivity index (χ0) is 11.8.